The highest BCUT2D eigenvalue weighted by atomic mass is 127. The molecule has 0 bridgehead atoms. The number of amides is 2. The number of anilines is 1. The molecule has 1 aromatic carbocycles. The van der Waals surface area contributed by atoms with Crippen LogP contribution in [0.2, 0.25) is 0 Å². The van der Waals surface area contributed by atoms with E-state index in [0.29, 0.717) is 19.6 Å². The number of hydrogen-bond acceptors (Lipinski definition) is 4. The molecule has 0 spiro atoms. The molecule has 1 atom stereocenters. The largest absolute Gasteiger partial charge is 0.368 e. The summed E-state index contributed by atoms with van der Waals surface area (Å²) in [6.07, 6.45) is 6.22. The number of carbonyl (C=O) groups is 2. The number of guanidine groups is 1. The maximum absolute atomic E-state index is 12.3. The Balaban J connectivity index is 0.00000385. The van der Waals surface area contributed by atoms with E-state index in [1.165, 1.54) is 0 Å². The minimum atomic E-state index is -0.342. The maximum atomic E-state index is 12.3. The van der Waals surface area contributed by atoms with E-state index >= 15 is 0 Å². The number of benzene rings is 1. The molecule has 3 rings (SSSR count). The fourth-order valence-electron chi connectivity index (χ4n) is 4.02. The van der Waals surface area contributed by atoms with Crippen LogP contribution in [0.1, 0.15) is 57.4 Å². The van der Waals surface area contributed by atoms with Crippen LogP contribution in [0, 0.1) is 0 Å². The van der Waals surface area contributed by atoms with E-state index in [1.54, 1.807) is 0 Å². The van der Waals surface area contributed by atoms with Gasteiger partial charge in [-0.3, -0.25) is 9.59 Å². The first-order chi connectivity index (χ1) is 15.7. The highest BCUT2D eigenvalue weighted by Crippen LogP contribution is 2.17. The third-order valence-electron chi connectivity index (χ3n) is 5.75. The number of ether oxygens (including phenoxy) is 1. The van der Waals surface area contributed by atoms with Crippen molar-refractivity contribution in [3.8, 4) is 0 Å². The van der Waals surface area contributed by atoms with Gasteiger partial charge in [0.1, 0.15) is 6.10 Å². The Morgan fingerprint density at radius 3 is 2.88 bits per heavy atom. The molecule has 2 heterocycles. The van der Waals surface area contributed by atoms with Gasteiger partial charge < -0.3 is 25.6 Å². The van der Waals surface area contributed by atoms with Gasteiger partial charge in [0.2, 0.25) is 5.91 Å². The first-order valence-electron chi connectivity index (χ1n) is 12.0. The second kappa shape index (κ2) is 15.1. The second-order valence-corrected chi connectivity index (χ2v) is 8.36. The van der Waals surface area contributed by atoms with Crippen molar-refractivity contribution in [3.05, 3.63) is 29.8 Å². The molecular weight excluding hydrogens is 533 g/mol. The van der Waals surface area contributed by atoms with Crippen LogP contribution in [-0.2, 0) is 20.9 Å². The molecule has 2 aliphatic rings. The second-order valence-electron chi connectivity index (χ2n) is 8.36. The zero-order valence-corrected chi connectivity index (χ0v) is 21.9. The average Bonchev–Trinajstić information content (AvgIpc) is 3.26. The van der Waals surface area contributed by atoms with E-state index in [0.717, 1.165) is 81.9 Å². The Morgan fingerprint density at radius 2 is 2.09 bits per heavy atom. The van der Waals surface area contributed by atoms with Crippen molar-refractivity contribution >= 4 is 47.4 Å². The van der Waals surface area contributed by atoms with Gasteiger partial charge in [0.15, 0.2) is 5.96 Å². The molecule has 0 radical (unpaired) electrons. The summed E-state index contributed by atoms with van der Waals surface area (Å²) < 4.78 is 5.45. The number of nitrogens with one attached hydrogen (secondary N) is 3. The number of hydrogen-bond donors (Lipinski definition) is 3. The van der Waals surface area contributed by atoms with Crippen molar-refractivity contribution in [2.24, 2.45) is 4.99 Å². The van der Waals surface area contributed by atoms with Gasteiger partial charge >= 0.3 is 0 Å². The first-order valence-corrected chi connectivity index (χ1v) is 12.0. The van der Waals surface area contributed by atoms with Crippen molar-refractivity contribution in [1.82, 2.24) is 15.5 Å². The van der Waals surface area contributed by atoms with Gasteiger partial charge in [-0.2, -0.15) is 0 Å². The Morgan fingerprint density at radius 1 is 1.21 bits per heavy atom. The SMILES string of the molecule is CCNC(=NCc1cccc(NC(=O)C2CCCO2)c1)NCCCN1CCCCCC1=O.I. The molecular formula is C24H38IN5O3. The Labute approximate surface area is 214 Å². The van der Waals surface area contributed by atoms with Crippen LogP contribution in [-0.4, -0.2) is 61.6 Å². The molecule has 1 unspecified atom stereocenters. The van der Waals surface area contributed by atoms with Gasteiger partial charge in [0.05, 0.1) is 6.54 Å². The molecule has 2 fully saturated rings. The van der Waals surface area contributed by atoms with Crippen LogP contribution in [0.25, 0.3) is 0 Å². The molecule has 0 saturated carbocycles. The Bertz CT molecular complexity index is 783. The molecule has 184 valence electrons. The fraction of sp³-hybridized carbons (Fsp3) is 0.625. The van der Waals surface area contributed by atoms with Crippen LogP contribution in [0.4, 0.5) is 5.69 Å². The van der Waals surface area contributed by atoms with Gasteiger partial charge in [-0.1, -0.05) is 18.6 Å². The Hall–Kier alpha value is -1.88. The number of aliphatic imine (C=N–C) groups is 1. The zero-order chi connectivity index (χ0) is 22.6. The van der Waals surface area contributed by atoms with Crippen LogP contribution < -0.4 is 16.0 Å². The number of nitrogens with zero attached hydrogens (tertiary/aromatic N) is 2. The lowest BCUT2D eigenvalue weighted by atomic mass is 10.2. The third-order valence-corrected chi connectivity index (χ3v) is 5.75. The highest BCUT2D eigenvalue weighted by Gasteiger charge is 2.23. The van der Waals surface area contributed by atoms with Crippen molar-refractivity contribution in [1.29, 1.82) is 0 Å². The summed E-state index contributed by atoms with van der Waals surface area (Å²) in [6.45, 7) is 6.39. The molecule has 2 amide bonds. The smallest absolute Gasteiger partial charge is 0.253 e. The number of carbonyl (C=O) groups excluding carboxylic acids is 2. The molecule has 1 aromatic rings. The van der Waals surface area contributed by atoms with E-state index in [-0.39, 0.29) is 41.9 Å². The standard InChI is InChI=1S/C24H37N5O3.HI/c1-2-25-24(26-13-8-15-29-14-5-3-4-12-22(29)30)27-18-19-9-6-10-20(17-19)28-23(31)21-11-7-16-32-21;/h6,9-10,17,21H,2-5,7-8,11-16,18H2,1H3,(H,28,31)(H2,25,26,27);1H. The minimum Gasteiger partial charge on any atom is -0.368 e. The van der Waals surface area contributed by atoms with E-state index in [4.69, 9.17) is 4.74 Å². The molecule has 2 aliphatic heterocycles. The molecule has 3 N–H and O–H groups in total. The van der Waals surface area contributed by atoms with Crippen LogP contribution in [0.15, 0.2) is 29.3 Å². The number of halogens is 1. The normalized spacial score (nSPS) is 18.9. The molecule has 0 aliphatic carbocycles. The van der Waals surface area contributed by atoms with Crippen LogP contribution in [0.3, 0.4) is 0 Å². The predicted molar refractivity (Wildman–Crippen MR) is 142 cm³/mol. The summed E-state index contributed by atoms with van der Waals surface area (Å²) in [5, 5.41) is 9.57. The zero-order valence-electron chi connectivity index (χ0n) is 19.6. The molecule has 9 heteroatoms. The molecule has 33 heavy (non-hydrogen) atoms. The van der Waals surface area contributed by atoms with Crippen molar-refractivity contribution < 1.29 is 14.3 Å². The van der Waals surface area contributed by atoms with Gasteiger partial charge in [0, 0.05) is 44.9 Å². The van der Waals surface area contributed by atoms with Crippen molar-refractivity contribution in [2.45, 2.75) is 64.5 Å². The lowest BCUT2D eigenvalue weighted by molar-refractivity contribution is -0.130. The lowest BCUT2D eigenvalue weighted by Crippen LogP contribution is -2.39. The van der Waals surface area contributed by atoms with E-state index in [1.807, 2.05) is 36.1 Å². The maximum Gasteiger partial charge on any atom is 0.253 e. The quantitative estimate of drug-likeness (QED) is 0.183. The monoisotopic (exact) mass is 571 g/mol. The van der Waals surface area contributed by atoms with Gasteiger partial charge in [-0.05, 0) is 56.7 Å². The lowest BCUT2D eigenvalue weighted by Gasteiger charge is -2.20. The van der Waals surface area contributed by atoms with E-state index in [2.05, 4.69) is 20.9 Å². The summed E-state index contributed by atoms with van der Waals surface area (Å²) in [5.41, 5.74) is 1.78. The van der Waals surface area contributed by atoms with Crippen molar-refractivity contribution in [3.63, 3.8) is 0 Å². The minimum absolute atomic E-state index is 0. The summed E-state index contributed by atoms with van der Waals surface area (Å²) >= 11 is 0. The molecule has 2 saturated heterocycles. The Kier molecular flexibility index (Phi) is 12.5. The average molecular weight is 572 g/mol. The number of rotatable bonds is 9. The summed E-state index contributed by atoms with van der Waals surface area (Å²) in [6, 6.07) is 7.76. The molecule has 8 nitrogen and oxygen atoms in total. The van der Waals surface area contributed by atoms with E-state index in [9.17, 15) is 9.59 Å². The van der Waals surface area contributed by atoms with Crippen molar-refractivity contribution in [2.75, 3.05) is 38.1 Å². The summed E-state index contributed by atoms with van der Waals surface area (Å²) in [5.74, 6) is 0.957. The van der Waals surface area contributed by atoms with Crippen LogP contribution in [0.5, 0.6) is 0 Å². The molecule has 0 aromatic heterocycles. The van der Waals surface area contributed by atoms with Gasteiger partial charge in [0.25, 0.3) is 5.91 Å². The third kappa shape index (κ3) is 9.48. The topological polar surface area (TPSA) is 95.1 Å². The van der Waals surface area contributed by atoms with Gasteiger partial charge in [-0.15, -0.1) is 24.0 Å². The van der Waals surface area contributed by atoms with E-state index < -0.39 is 0 Å². The first kappa shape index (κ1) is 27.4. The number of likely N-dealkylation sites (tertiary alicyclic amines) is 1. The van der Waals surface area contributed by atoms with Crippen LogP contribution >= 0.6 is 24.0 Å². The summed E-state index contributed by atoms with van der Waals surface area (Å²) in [4.78, 5) is 31.0. The van der Waals surface area contributed by atoms with Gasteiger partial charge in [-0.25, -0.2) is 4.99 Å². The summed E-state index contributed by atoms with van der Waals surface area (Å²) in [7, 11) is 0. The highest BCUT2D eigenvalue weighted by molar-refractivity contribution is 14.0. The predicted octanol–water partition coefficient (Wildman–Crippen LogP) is 3.27. The fourth-order valence-corrected chi connectivity index (χ4v) is 4.02.